The normalized spacial score (nSPS) is 10.7. The number of nitrogens with zero attached hydrogens (tertiary/aromatic N) is 1. The van der Waals surface area contributed by atoms with E-state index in [1.807, 2.05) is 73.7 Å². The number of hydrogen-bond acceptors (Lipinski definition) is 4. The SMILES string of the molecule is COc1ccc2nc(-c3ccc(NC(=O)c4ccc(C)cc4)cc3)sc2c1. The Hall–Kier alpha value is -3.18. The highest BCUT2D eigenvalue weighted by molar-refractivity contribution is 7.21. The van der Waals surface area contributed by atoms with Crippen LogP contribution in [0.5, 0.6) is 5.75 Å². The van der Waals surface area contributed by atoms with E-state index in [0.717, 1.165) is 37.8 Å². The maximum Gasteiger partial charge on any atom is 0.255 e. The summed E-state index contributed by atoms with van der Waals surface area (Å²) in [5.41, 5.74) is 4.50. The van der Waals surface area contributed by atoms with Crippen molar-refractivity contribution in [1.29, 1.82) is 0 Å². The number of aromatic nitrogens is 1. The summed E-state index contributed by atoms with van der Waals surface area (Å²) in [5, 5.41) is 3.87. The van der Waals surface area contributed by atoms with Gasteiger partial charge in [-0.1, -0.05) is 17.7 Å². The zero-order valence-electron chi connectivity index (χ0n) is 15.0. The summed E-state index contributed by atoms with van der Waals surface area (Å²) in [7, 11) is 1.66. The fourth-order valence-electron chi connectivity index (χ4n) is 2.76. The first-order valence-electron chi connectivity index (χ1n) is 8.55. The summed E-state index contributed by atoms with van der Waals surface area (Å²) in [5.74, 6) is 0.710. The van der Waals surface area contributed by atoms with E-state index in [1.165, 1.54) is 0 Å². The lowest BCUT2D eigenvalue weighted by molar-refractivity contribution is 0.102. The van der Waals surface area contributed by atoms with Gasteiger partial charge in [0.15, 0.2) is 0 Å². The Morgan fingerprint density at radius 1 is 1.00 bits per heavy atom. The number of hydrogen-bond donors (Lipinski definition) is 1. The van der Waals surface area contributed by atoms with Gasteiger partial charge in [0.2, 0.25) is 0 Å². The molecular formula is C22H18N2O2S. The number of rotatable bonds is 4. The highest BCUT2D eigenvalue weighted by atomic mass is 32.1. The van der Waals surface area contributed by atoms with Crippen LogP contribution in [-0.4, -0.2) is 18.0 Å². The molecule has 0 saturated carbocycles. The lowest BCUT2D eigenvalue weighted by atomic mass is 10.1. The molecule has 3 aromatic carbocycles. The zero-order chi connectivity index (χ0) is 18.8. The van der Waals surface area contributed by atoms with E-state index in [1.54, 1.807) is 18.4 Å². The van der Waals surface area contributed by atoms with Crippen molar-refractivity contribution in [3.05, 3.63) is 77.9 Å². The molecule has 0 aliphatic carbocycles. The number of benzene rings is 3. The quantitative estimate of drug-likeness (QED) is 0.511. The number of carbonyl (C=O) groups is 1. The lowest BCUT2D eigenvalue weighted by Gasteiger charge is -2.06. The number of anilines is 1. The number of methoxy groups -OCH3 is 1. The van der Waals surface area contributed by atoms with Gasteiger partial charge in [-0.25, -0.2) is 4.98 Å². The van der Waals surface area contributed by atoms with Crippen LogP contribution >= 0.6 is 11.3 Å². The minimum absolute atomic E-state index is 0.116. The summed E-state index contributed by atoms with van der Waals surface area (Å²) in [6, 6.07) is 21.1. The third-order valence-corrected chi connectivity index (χ3v) is 5.37. The monoisotopic (exact) mass is 374 g/mol. The standard InChI is InChI=1S/C22H18N2O2S/c1-14-3-5-15(6-4-14)21(25)23-17-9-7-16(8-10-17)22-24-19-12-11-18(26-2)13-20(19)27-22/h3-13H,1-2H3,(H,23,25). The smallest absolute Gasteiger partial charge is 0.255 e. The van der Waals surface area contributed by atoms with Gasteiger partial charge in [-0.3, -0.25) is 4.79 Å². The molecule has 0 fully saturated rings. The predicted octanol–water partition coefficient (Wildman–Crippen LogP) is 5.53. The highest BCUT2D eigenvalue weighted by Gasteiger charge is 2.09. The second-order valence-corrected chi connectivity index (χ2v) is 7.28. The van der Waals surface area contributed by atoms with Crippen LogP contribution < -0.4 is 10.1 Å². The first-order valence-corrected chi connectivity index (χ1v) is 9.37. The summed E-state index contributed by atoms with van der Waals surface area (Å²) in [4.78, 5) is 17.0. The number of aryl methyl sites for hydroxylation is 1. The maximum atomic E-state index is 12.3. The second-order valence-electron chi connectivity index (χ2n) is 6.25. The van der Waals surface area contributed by atoms with Gasteiger partial charge in [-0.15, -0.1) is 11.3 Å². The first-order chi connectivity index (χ1) is 13.1. The zero-order valence-corrected chi connectivity index (χ0v) is 15.8. The van der Waals surface area contributed by atoms with Gasteiger partial charge in [-0.05, 0) is 61.5 Å². The Morgan fingerprint density at radius 3 is 2.44 bits per heavy atom. The molecule has 0 bridgehead atoms. The van der Waals surface area contributed by atoms with E-state index in [0.29, 0.717) is 5.56 Å². The number of ether oxygens (including phenoxy) is 1. The van der Waals surface area contributed by atoms with Crippen LogP contribution in [0.15, 0.2) is 66.7 Å². The van der Waals surface area contributed by atoms with Crippen molar-refractivity contribution in [2.45, 2.75) is 6.92 Å². The average Bonchev–Trinajstić information content (AvgIpc) is 3.12. The van der Waals surface area contributed by atoms with Crippen LogP contribution in [0.3, 0.4) is 0 Å². The molecule has 4 rings (SSSR count). The van der Waals surface area contributed by atoms with Crippen molar-refractivity contribution in [2.24, 2.45) is 0 Å². The molecule has 134 valence electrons. The van der Waals surface area contributed by atoms with Crippen molar-refractivity contribution in [3.63, 3.8) is 0 Å². The van der Waals surface area contributed by atoms with Crippen LogP contribution in [0.2, 0.25) is 0 Å². The van der Waals surface area contributed by atoms with Gasteiger partial charge in [-0.2, -0.15) is 0 Å². The summed E-state index contributed by atoms with van der Waals surface area (Å²) < 4.78 is 6.36. The summed E-state index contributed by atoms with van der Waals surface area (Å²) in [6.07, 6.45) is 0. The van der Waals surface area contributed by atoms with E-state index < -0.39 is 0 Å². The van der Waals surface area contributed by atoms with Crippen LogP contribution in [-0.2, 0) is 0 Å². The molecule has 0 radical (unpaired) electrons. The van der Waals surface area contributed by atoms with E-state index in [9.17, 15) is 4.79 Å². The summed E-state index contributed by atoms with van der Waals surface area (Å²) in [6.45, 7) is 2.00. The lowest BCUT2D eigenvalue weighted by Crippen LogP contribution is -2.11. The number of nitrogens with one attached hydrogen (secondary N) is 1. The molecule has 0 atom stereocenters. The average molecular weight is 374 g/mol. The van der Waals surface area contributed by atoms with Gasteiger partial charge in [0.05, 0.1) is 17.3 Å². The van der Waals surface area contributed by atoms with Crippen molar-refractivity contribution < 1.29 is 9.53 Å². The molecule has 0 saturated heterocycles. The van der Waals surface area contributed by atoms with Gasteiger partial charge in [0.1, 0.15) is 10.8 Å². The van der Waals surface area contributed by atoms with Crippen LogP contribution in [0.25, 0.3) is 20.8 Å². The fourth-order valence-corrected chi connectivity index (χ4v) is 3.76. The molecule has 1 amide bonds. The molecule has 5 heteroatoms. The number of carbonyl (C=O) groups excluding carboxylic acids is 1. The largest absolute Gasteiger partial charge is 0.497 e. The Labute approximate surface area is 161 Å². The third kappa shape index (κ3) is 3.68. The van der Waals surface area contributed by atoms with Crippen molar-refractivity contribution in [2.75, 3.05) is 12.4 Å². The van der Waals surface area contributed by atoms with Crippen molar-refractivity contribution in [3.8, 4) is 16.3 Å². The Bertz CT molecular complexity index is 1100. The van der Waals surface area contributed by atoms with Gasteiger partial charge in [0, 0.05) is 16.8 Å². The topological polar surface area (TPSA) is 51.2 Å². The second kappa shape index (κ2) is 7.21. The van der Waals surface area contributed by atoms with Crippen molar-refractivity contribution in [1.82, 2.24) is 4.98 Å². The van der Waals surface area contributed by atoms with E-state index in [4.69, 9.17) is 4.74 Å². The fraction of sp³-hybridized carbons (Fsp3) is 0.0909. The van der Waals surface area contributed by atoms with Crippen LogP contribution in [0, 0.1) is 6.92 Å². The van der Waals surface area contributed by atoms with Crippen molar-refractivity contribution >= 4 is 33.1 Å². The number of amides is 1. The van der Waals surface area contributed by atoms with E-state index in [-0.39, 0.29) is 5.91 Å². The van der Waals surface area contributed by atoms with E-state index in [2.05, 4.69) is 10.3 Å². The van der Waals surface area contributed by atoms with Crippen LogP contribution in [0.4, 0.5) is 5.69 Å². The van der Waals surface area contributed by atoms with Gasteiger partial charge >= 0.3 is 0 Å². The summed E-state index contributed by atoms with van der Waals surface area (Å²) >= 11 is 1.62. The third-order valence-electron chi connectivity index (χ3n) is 4.30. The molecule has 4 aromatic rings. The molecule has 0 aliphatic rings. The molecule has 1 N–H and O–H groups in total. The number of fused-ring (bicyclic) bond motifs is 1. The minimum atomic E-state index is -0.116. The van der Waals surface area contributed by atoms with Gasteiger partial charge in [0.25, 0.3) is 5.91 Å². The van der Waals surface area contributed by atoms with Gasteiger partial charge < -0.3 is 10.1 Å². The molecule has 0 unspecified atom stereocenters. The molecule has 0 spiro atoms. The van der Waals surface area contributed by atoms with E-state index >= 15 is 0 Å². The highest BCUT2D eigenvalue weighted by Crippen LogP contribution is 2.32. The molecule has 4 nitrogen and oxygen atoms in total. The maximum absolute atomic E-state index is 12.3. The Kier molecular flexibility index (Phi) is 4.60. The Balaban J connectivity index is 1.53. The molecule has 0 aliphatic heterocycles. The molecule has 1 heterocycles. The molecule has 27 heavy (non-hydrogen) atoms. The predicted molar refractivity (Wildman–Crippen MR) is 111 cm³/mol. The van der Waals surface area contributed by atoms with Crippen LogP contribution in [0.1, 0.15) is 15.9 Å². The molecule has 1 aromatic heterocycles. The minimum Gasteiger partial charge on any atom is -0.497 e. The number of thiazole rings is 1. The molecular weight excluding hydrogens is 356 g/mol. The first kappa shape index (κ1) is 17.2. The Morgan fingerprint density at radius 2 is 1.74 bits per heavy atom.